The van der Waals surface area contributed by atoms with Crippen LogP contribution in [0.4, 0.5) is 0 Å². The Morgan fingerprint density at radius 1 is 1.50 bits per heavy atom. The molecule has 0 unspecified atom stereocenters. The number of rotatable bonds is 4. The minimum Gasteiger partial charge on any atom is -0.461 e. The van der Waals surface area contributed by atoms with Crippen LogP contribution < -0.4 is 5.73 Å². The fraction of sp³-hybridized carbons (Fsp3) is 0.769. The van der Waals surface area contributed by atoms with Gasteiger partial charge in [0.2, 0.25) is 0 Å². The van der Waals surface area contributed by atoms with E-state index in [1.165, 1.54) is 18.4 Å². The Kier molecular flexibility index (Phi) is 6.16. The fourth-order valence-electron chi connectivity index (χ4n) is 2.08. The molecule has 0 aromatic heterocycles. The lowest BCUT2D eigenvalue weighted by molar-refractivity contribution is -0.147. The SMILES string of the molecule is CCC/C=C1/CCC[C@@H](OC(=O)CN)CC1. The molecule has 0 bridgehead atoms. The van der Waals surface area contributed by atoms with Gasteiger partial charge in [0.05, 0.1) is 6.54 Å². The number of ether oxygens (including phenoxy) is 1. The molecule has 0 heterocycles. The van der Waals surface area contributed by atoms with Gasteiger partial charge < -0.3 is 10.5 Å². The molecule has 3 nitrogen and oxygen atoms in total. The third-order valence-electron chi connectivity index (χ3n) is 3.00. The summed E-state index contributed by atoms with van der Waals surface area (Å²) in [6.07, 6.45) is 10.1. The van der Waals surface area contributed by atoms with Crippen molar-refractivity contribution < 1.29 is 9.53 Å². The van der Waals surface area contributed by atoms with Crippen molar-refractivity contribution in [2.75, 3.05) is 6.54 Å². The summed E-state index contributed by atoms with van der Waals surface area (Å²) in [5.74, 6) is -0.272. The zero-order chi connectivity index (χ0) is 11.8. The van der Waals surface area contributed by atoms with Crippen LogP contribution in [0.25, 0.3) is 0 Å². The van der Waals surface area contributed by atoms with E-state index in [0.29, 0.717) is 0 Å². The zero-order valence-corrected chi connectivity index (χ0v) is 10.2. The average molecular weight is 225 g/mol. The van der Waals surface area contributed by atoms with Gasteiger partial charge in [0.15, 0.2) is 0 Å². The van der Waals surface area contributed by atoms with Crippen LogP contribution >= 0.6 is 0 Å². The van der Waals surface area contributed by atoms with Crippen LogP contribution in [-0.2, 0) is 9.53 Å². The Morgan fingerprint density at radius 3 is 3.00 bits per heavy atom. The summed E-state index contributed by atoms with van der Waals surface area (Å²) in [4.78, 5) is 11.1. The molecule has 0 radical (unpaired) electrons. The third kappa shape index (κ3) is 4.79. The van der Waals surface area contributed by atoms with Crippen molar-refractivity contribution in [3.05, 3.63) is 11.6 Å². The van der Waals surface area contributed by atoms with Crippen molar-refractivity contribution in [1.82, 2.24) is 0 Å². The minimum atomic E-state index is -0.272. The van der Waals surface area contributed by atoms with Gasteiger partial charge in [0.25, 0.3) is 0 Å². The van der Waals surface area contributed by atoms with E-state index in [1.54, 1.807) is 0 Å². The Hall–Kier alpha value is -0.830. The van der Waals surface area contributed by atoms with Crippen LogP contribution in [-0.4, -0.2) is 18.6 Å². The first kappa shape index (κ1) is 13.2. The van der Waals surface area contributed by atoms with E-state index < -0.39 is 0 Å². The molecule has 0 aromatic rings. The van der Waals surface area contributed by atoms with Crippen molar-refractivity contribution in [3.63, 3.8) is 0 Å². The van der Waals surface area contributed by atoms with E-state index in [-0.39, 0.29) is 18.6 Å². The Balaban J connectivity index is 2.37. The molecule has 0 saturated heterocycles. The molecule has 1 saturated carbocycles. The van der Waals surface area contributed by atoms with Crippen LogP contribution in [0, 0.1) is 0 Å². The molecule has 2 N–H and O–H groups in total. The molecule has 1 aliphatic rings. The second kappa shape index (κ2) is 7.44. The van der Waals surface area contributed by atoms with E-state index in [1.807, 2.05) is 0 Å². The lowest BCUT2D eigenvalue weighted by Gasteiger charge is -2.14. The maximum atomic E-state index is 11.1. The Labute approximate surface area is 98.0 Å². The summed E-state index contributed by atoms with van der Waals surface area (Å²) >= 11 is 0. The lowest BCUT2D eigenvalue weighted by Crippen LogP contribution is -2.23. The molecule has 16 heavy (non-hydrogen) atoms. The smallest absolute Gasteiger partial charge is 0.319 e. The fourth-order valence-corrected chi connectivity index (χ4v) is 2.08. The summed E-state index contributed by atoms with van der Waals surface area (Å²) in [6, 6.07) is 0. The predicted octanol–water partition coefficient (Wildman–Crippen LogP) is 2.55. The van der Waals surface area contributed by atoms with Crippen LogP contribution in [0.2, 0.25) is 0 Å². The van der Waals surface area contributed by atoms with Gasteiger partial charge in [-0.05, 0) is 38.5 Å². The van der Waals surface area contributed by atoms with Gasteiger partial charge in [-0.15, -0.1) is 0 Å². The molecule has 0 aromatic carbocycles. The largest absolute Gasteiger partial charge is 0.461 e. The molecule has 1 atom stereocenters. The number of esters is 1. The highest BCUT2D eigenvalue weighted by molar-refractivity contribution is 5.71. The number of carbonyl (C=O) groups is 1. The number of hydrogen-bond donors (Lipinski definition) is 1. The number of unbranched alkanes of at least 4 members (excludes halogenated alkanes) is 1. The van der Waals surface area contributed by atoms with Crippen molar-refractivity contribution >= 4 is 5.97 Å². The van der Waals surface area contributed by atoms with Gasteiger partial charge in [-0.2, -0.15) is 0 Å². The average Bonchev–Trinajstić information content (AvgIpc) is 2.52. The van der Waals surface area contributed by atoms with E-state index in [4.69, 9.17) is 10.5 Å². The van der Waals surface area contributed by atoms with Gasteiger partial charge in [0, 0.05) is 0 Å². The molecule has 1 rings (SSSR count). The second-order valence-corrected chi connectivity index (χ2v) is 4.40. The molecule has 1 aliphatic carbocycles. The molecular weight excluding hydrogens is 202 g/mol. The van der Waals surface area contributed by atoms with Crippen LogP contribution in [0.3, 0.4) is 0 Å². The highest BCUT2D eigenvalue weighted by atomic mass is 16.5. The van der Waals surface area contributed by atoms with Crippen molar-refractivity contribution in [1.29, 1.82) is 0 Å². The lowest BCUT2D eigenvalue weighted by atomic mass is 10.1. The summed E-state index contributed by atoms with van der Waals surface area (Å²) in [6.45, 7) is 2.19. The second-order valence-electron chi connectivity index (χ2n) is 4.40. The topological polar surface area (TPSA) is 52.3 Å². The quantitative estimate of drug-likeness (QED) is 0.454. The van der Waals surface area contributed by atoms with Gasteiger partial charge in [0.1, 0.15) is 6.10 Å². The number of allylic oxidation sites excluding steroid dienone is 2. The summed E-state index contributed by atoms with van der Waals surface area (Å²) in [5.41, 5.74) is 6.77. The highest BCUT2D eigenvalue weighted by Gasteiger charge is 2.17. The van der Waals surface area contributed by atoms with Gasteiger partial charge in [-0.25, -0.2) is 0 Å². The van der Waals surface area contributed by atoms with Crippen LogP contribution in [0.1, 0.15) is 51.9 Å². The number of hydrogen-bond acceptors (Lipinski definition) is 3. The van der Waals surface area contributed by atoms with Gasteiger partial charge in [-0.1, -0.05) is 25.0 Å². The van der Waals surface area contributed by atoms with Crippen molar-refractivity contribution in [2.24, 2.45) is 5.73 Å². The first-order valence-electron chi connectivity index (χ1n) is 6.33. The minimum absolute atomic E-state index is 0.00493. The molecule has 1 fully saturated rings. The summed E-state index contributed by atoms with van der Waals surface area (Å²) < 4.78 is 5.28. The first-order valence-corrected chi connectivity index (χ1v) is 6.33. The first-order chi connectivity index (χ1) is 7.76. The van der Waals surface area contributed by atoms with E-state index in [2.05, 4.69) is 13.0 Å². The van der Waals surface area contributed by atoms with Gasteiger partial charge >= 0.3 is 5.97 Å². The summed E-state index contributed by atoms with van der Waals surface area (Å²) in [5, 5.41) is 0. The molecule has 92 valence electrons. The van der Waals surface area contributed by atoms with E-state index in [0.717, 1.165) is 32.1 Å². The van der Waals surface area contributed by atoms with E-state index in [9.17, 15) is 4.79 Å². The highest BCUT2D eigenvalue weighted by Crippen LogP contribution is 2.25. The van der Waals surface area contributed by atoms with Crippen LogP contribution in [0.15, 0.2) is 11.6 Å². The van der Waals surface area contributed by atoms with Crippen molar-refractivity contribution in [2.45, 2.75) is 58.0 Å². The number of nitrogens with two attached hydrogens (primary N) is 1. The molecule has 0 aliphatic heterocycles. The zero-order valence-electron chi connectivity index (χ0n) is 10.2. The maximum Gasteiger partial charge on any atom is 0.319 e. The standard InChI is InChI=1S/C13H23NO2/c1-2-3-5-11-6-4-7-12(9-8-11)16-13(15)10-14/h5,12H,2-4,6-10,14H2,1H3/b11-5-/t12-/m1/s1. The summed E-state index contributed by atoms with van der Waals surface area (Å²) in [7, 11) is 0. The predicted molar refractivity (Wildman–Crippen MR) is 65.0 cm³/mol. The molecule has 3 heteroatoms. The molecule has 0 spiro atoms. The Morgan fingerprint density at radius 2 is 2.31 bits per heavy atom. The van der Waals surface area contributed by atoms with Crippen LogP contribution in [0.5, 0.6) is 0 Å². The van der Waals surface area contributed by atoms with Crippen molar-refractivity contribution in [3.8, 4) is 0 Å². The monoisotopic (exact) mass is 225 g/mol. The third-order valence-corrected chi connectivity index (χ3v) is 3.00. The Bertz CT molecular complexity index is 248. The normalized spacial score (nSPS) is 24.1. The maximum absolute atomic E-state index is 11.1. The van der Waals surface area contributed by atoms with Gasteiger partial charge in [-0.3, -0.25) is 4.79 Å². The molecular formula is C13H23NO2. The number of carbonyl (C=O) groups excluding carboxylic acids is 1. The molecule has 0 amide bonds. The van der Waals surface area contributed by atoms with E-state index >= 15 is 0 Å².